The van der Waals surface area contributed by atoms with Crippen LogP contribution in [0, 0.1) is 0 Å². The Bertz CT molecular complexity index is 1110. The van der Waals surface area contributed by atoms with Gasteiger partial charge in [-0.1, -0.05) is 37.9 Å². The fourth-order valence-corrected chi connectivity index (χ4v) is 3.23. The van der Waals surface area contributed by atoms with E-state index in [9.17, 15) is 9.59 Å². The molecule has 0 heterocycles. The van der Waals surface area contributed by atoms with Gasteiger partial charge < -0.3 is 9.47 Å². The highest BCUT2D eigenvalue weighted by Crippen LogP contribution is 2.29. The van der Waals surface area contributed by atoms with Crippen molar-refractivity contribution < 1.29 is 19.1 Å². The molecule has 0 atom stereocenters. The molecule has 3 aromatic carbocycles. The van der Waals surface area contributed by atoms with Gasteiger partial charge in [0.15, 0.2) is 11.5 Å². The van der Waals surface area contributed by atoms with E-state index in [-0.39, 0.29) is 5.91 Å². The molecule has 158 valence electrons. The lowest BCUT2D eigenvalue weighted by Gasteiger charge is -2.11. The minimum absolute atomic E-state index is 0.296. The molecule has 0 spiro atoms. The fourth-order valence-electron chi connectivity index (χ4n) is 2.56. The van der Waals surface area contributed by atoms with Crippen molar-refractivity contribution in [2.45, 2.75) is 6.92 Å². The van der Waals surface area contributed by atoms with Crippen LogP contribution in [0.5, 0.6) is 11.5 Å². The highest BCUT2D eigenvalue weighted by Gasteiger charge is 2.13. The molecule has 0 radical (unpaired) electrons. The van der Waals surface area contributed by atoms with Gasteiger partial charge in [0, 0.05) is 14.5 Å². The number of nitrogens with one attached hydrogen (secondary N) is 1. The summed E-state index contributed by atoms with van der Waals surface area (Å²) in [7, 11) is 0. The Kier molecular flexibility index (Phi) is 7.97. The molecule has 0 fully saturated rings. The number of carbonyl (C=O) groups is 2. The summed E-state index contributed by atoms with van der Waals surface area (Å²) in [6, 6.07) is 18.9. The fraction of sp³-hybridized carbons (Fsp3) is 0.0870. The van der Waals surface area contributed by atoms with Crippen molar-refractivity contribution >= 4 is 50.0 Å². The Morgan fingerprint density at radius 2 is 1.71 bits per heavy atom. The number of halogens is 2. The number of hydrogen-bond donors (Lipinski definition) is 1. The molecular weight excluding hydrogens is 528 g/mol. The summed E-state index contributed by atoms with van der Waals surface area (Å²) in [6.07, 6.45) is 1.48. The van der Waals surface area contributed by atoms with Crippen LogP contribution < -0.4 is 14.9 Å². The molecule has 0 unspecified atom stereocenters. The van der Waals surface area contributed by atoms with Crippen molar-refractivity contribution in [2.75, 3.05) is 6.61 Å². The first kappa shape index (κ1) is 22.7. The molecule has 3 aromatic rings. The minimum Gasteiger partial charge on any atom is -0.490 e. The molecule has 0 aliphatic rings. The van der Waals surface area contributed by atoms with E-state index >= 15 is 0 Å². The molecule has 0 saturated carbocycles. The second-order valence-electron chi connectivity index (χ2n) is 6.25. The Morgan fingerprint density at radius 3 is 2.42 bits per heavy atom. The summed E-state index contributed by atoms with van der Waals surface area (Å²) >= 11 is 6.66. The maximum Gasteiger partial charge on any atom is 0.343 e. The van der Waals surface area contributed by atoms with Crippen molar-refractivity contribution in [1.29, 1.82) is 0 Å². The number of nitrogens with zero attached hydrogens (tertiary/aromatic N) is 1. The molecule has 1 N–H and O–H groups in total. The summed E-state index contributed by atoms with van der Waals surface area (Å²) in [6.45, 7) is 2.22. The summed E-state index contributed by atoms with van der Waals surface area (Å²) in [5.74, 6) is -0.126. The van der Waals surface area contributed by atoms with Crippen molar-refractivity contribution in [3.8, 4) is 11.5 Å². The average molecular weight is 546 g/mol. The van der Waals surface area contributed by atoms with Crippen LogP contribution in [0.3, 0.4) is 0 Å². The normalized spacial score (nSPS) is 10.7. The smallest absolute Gasteiger partial charge is 0.343 e. The van der Waals surface area contributed by atoms with E-state index in [1.54, 1.807) is 60.7 Å². The Hall–Kier alpha value is -2.97. The van der Waals surface area contributed by atoms with Crippen LogP contribution in [0.4, 0.5) is 0 Å². The van der Waals surface area contributed by atoms with Crippen LogP contribution in [-0.4, -0.2) is 24.7 Å². The van der Waals surface area contributed by atoms with E-state index in [1.807, 2.05) is 13.0 Å². The number of amides is 1. The number of hydrogen-bond acceptors (Lipinski definition) is 5. The lowest BCUT2D eigenvalue weighted by Crippen LogP contribution is -2.17. The number of rotatable bonds is 7. The van der Waals surface area contributed by atoms with Crippen LogP contribution >= 0.6 is 31.9 Å². The van der Waals surface area contributed by atoms with E-state index in [2.05, 4.69) is 42.4 Å². The standard InChI is InChI=1S/C23H18Br2N2O4/c1-2-30-21-12-15(14-26-27-22(28)17-4-3-5-19(25)13-17)6-11-20(21)31-23(29)16-7-9-18(24)10-8-16/h3-14H,2H2,1H3,(H,27,28)/b26-14+. The van der Waals surface area contributed by atoms with E-state index in [4.69, 9.17) is 9.47 Å². The molecule has 8 heteroatoms. The lowest BCUT2D eigenvalue weighted by atomic mass is 10.2. The zero-order valence-electron chi connectivity index (χ0n) is 16.5. The second-order valence-corrected chi connectivity index (χ2v) is 8.08. The topological polar surface area (TPSA) is 77.0 Å². The Labute approximate surface area is 196 Å². The largest absolute Gasteiger partial charge is 0.490 e. The number of ether oxygens (including phenoxy) is 2. The van der Waals surface area contributed by atoms with Gasteiger partial charge in [0.25, 0.3) is 5.91 Å². The summed E-state index contributed by atoms with van der Waals surface area (Å²) in [5.41, 5.74) is 4.05. The van der Waals surface area contributed by atoms with Gasteiger partial charge in [0.2, 0.25) is 0 Å². The van der Waals surface area contributed by atoms with Crippen molar-refractivity contribution in [2.24, 2.45) is 5.10 Å². The maximum atomic E-state index is 12.4. The van der Waals surface area contributed by atoms with Gasteiger partial charge in [-0.25, -0.2) is 10.2 Å². The number of esters is 1. The second kappa shape index (κ2) is 10.9. The number of carbonyl (C=O) groups excluding carboxylic acids is 2. The first-order valence-corrected chi connectivity index (χ1v) is 10.9. The first-order valence-electron chi connectivity index (χ1n) is 9.30. The highest BCUT2D eigenvalue weighted by atomic mass is 79.9. The highest BCUT2D eigenvalue weighted by molar-refractivity contribution is 9.10. The van der Waals surface area contributed by atoms with Crippen LogP contribution in [-0.2, 0) is 0 Å². The van der Waals surface area contributed by atoms with Gasteiger partial charge in [0.1, 0.15) is 0 Å². The van der Waals surface area contributed by atoms with Crippen LogP contribution in [0.1, 0.15) is 33.2 Å². The molecule has 0 bridgehead atoms. The minimum atomic E-state index is -0.490. The SMILES string of the molecule is CCOc1cc(/C=N/NC(=O)c2cccc(Br)c2)ccc1OC(=O)c1ccc(Br)cc1. The van der Waals surface area contributed by atoms with Gasteiger partial charge in [-0.15, -0.1) is 0 Å². The van der Waals surface area contributed by atoms with Gasteiger partial charge in [0.05, 0.1) is 18.4 Å². The van der Waals surface area contributed by atoms with Crippen LogP contribution in [0.2, 0.25) is 0 Å². The Morgan fingerprint density at radius 1 is 0.935 bits per heavy atom. The molecular formula is C23H18Br2N2O4. The summed E-state index contributed by atoms with van der Waals surface area (Å²) in [4.78, 5) is 24.6. The average Bonchev–Trinajstić information content (AvgIpc) is 2.76. The third-order valence-corrected chi connectivity index (χ3v) is 5.04. The van der Waals surface area contributed by atoms with E-state index in [1.165, 1.54) is 6.21 Å². The van der Waals surface area contributed by atoms with Crippen LogP contribution in [0.15, 0.2) is 80.8 Å². The zero-order chi connectivity index (χ0) is 22.2. The molecule has 0 saturated heterocycles. The van der Waals surface area contributed by atoms with E-state index in [0.717, 1.165) is 8.95 Å². The first-order chi connectivity index (χ1) is 15.0. The van der Waals surface area contributed by atoms with Crippen molar-refractivity contribution in [1.82, 2.24) is 5.43 Å². The van der Waals surface area contributed by atoms with Gasteiger partial charge in [-0.2, -0.15) is 5.10 Å². The zero-order valence-corrected chi connectivity index (χ0v) is 19.6. The third kappa shape index (κ3) is 6.50. The Balaban J connectivity index is 1.70. The predicted octanol–water partition coefficient (Wildman–Crippen LogP) is 5.59. The van der Waals surface area contributed by atoms with Gasteiger partial charge in [-0.05, 0) is 73.2 Å². The predicted molar refractivity (Wildman–Crippen MR) is 126 cm³/mol. The van der Waals surface area contributed by atoms with Gasteiger partial charge in [-0.3, -0.25) is 4.79 Å². The molecule has 0 aliphatic carbocycles. The monoisotopic (exact) mass is 544 g/mol. The molecule has 6 nitrogen and oxygen atoms in total. The molecule has 0 aromatic heterocycles. The number of benzene rings is 3. The lowest BCUT2D eigenvalue weighted by molar-refractivity contribution is 0.0728. The van der Waals surface area contributed by atoms with Crippen molar-refractivity contribution in [3.63, 3.8) is 0 Å². The summed E-state index contributed by atoms with van der Waals surface area (Å²) in [5, 5.41) is 3.99. The summed E-state index contributed by atoms with van der Waals surface area (Å²) < 4.78 is 12.8. The number of hydrazone groups is 1. The van der Waals surface area contributed by atoms with Crippen LogP contribution in [0.25, 0.3) is 0 Å². The van der Waals surface area contributed by atoms with E-state index in [0.29, 0.717) is 34.8 Å². The van der Waals surface area contributed by atoms with Crippen molar-refractivity contribution in [3.05, 3.63) is 92.4 Å². The quantitative estimate of drug-likeness (QED) is 0.182. The molecule has 0 aliphatic heterocycles. The van der Waals surface area contributed by atoms with E-state index < -0.39 is 5.97 Å². The third-order valence-electron chi connectivity index (χ3n) is 4.02. The molecule has 1 amide bonds. The maximum absolute atomic E-state index is 12.4. The van der Waals surface area contributed by atoms with Gasteiger partial charge >= 0.3 is 5.97 Å². The molecule has 3 rings (SSSR count). The molecule has 31 heavy (non-hydrogen) atoms.